The van der Waals surface area contributed by atoms with E-state index in [2.05, 4.69) is 0 Å². The third-order valence-corrected chi connectivity index (χ3v) is 4.52. The van der Waals surface area contributed by atoms with Crippen molar-refractivity contribution in [1.29, 1.82) is 0 Å². The van der Waals surface area contributed by atoms with Crippen LogP contribution >= 0.6 is 0 Å². The van der Waals surface area contributed by atoms with Crippen molar-refractivity contribution in [1.82, 2.24) is 0 Å². The van der Waals surface area contributed by atoms with Crippen molar-refractivity contribution in [2.45, 2.75) is 56.5 Å². The molecule has 0 spiro atoms. The van der Waals surface area contributed by atoms with E-state index in [1.165, 1.54) is 0 Å². The summed E-state index contributed by atoms with van der Waals surface area (Å²) in [4.78, 5) is 11.2. The van der Waals surface area contributed by atoms with Gasteiger partial charge in [-0.05, 0) is 12.8 Å². The maximum atomic E-state index is 11.2. The topological polar surface area (TPSA) is 157 Å². The van der Waals surface area contributed by atoms with E-state index in [1.54, 1.807) is 0 Å². The summed E-state index contributed by atoms with van der Waals surface area (Å²) in [6, 6.07) is 0. The Hall–Kier alpha value is -0.810. The molecule has 9 heteroatoms. The van der Waals surface area contributed by atoms with Crippen LogP contribution in [-0.4, -0.2) is 85.2 Å². The second-order valence-electron chi connectivity index (χ2n) is 6.57. The molecule has 1 amide bonds. The van der Waals surface area contributed by atoms with Gasteiger partial charge in [0.05, 0.1) is 38.6 Å². The lowest BCUT2D eigenvalue weighted by molar-refractivity contribution is -0.211. The van der Waals surface area contributed by atoms with Crippen molar-refractivity contribution >= 4 is 5.91 Å². The molecular weight excluding hydrogens is 344 g/mol. The smallest absolute Gasteiger partial charge is 0.217 e. The molecule has 0 radical (unpaired) electrons. The van der Waals surface area contributed by atoms with Gasteiger partial charge in [0.15, 0.2) is 0 Å². The van der Waals surface area contributed by atoms with Gasteiger partial charge < -0.3 is 41.0 Å². The second-order valence-corrected chi connectivity index (χ2v) is 6.57. The van der Waals surface area contributed by atoms with Crippen LogP contribution in [0.1, 0.15) is 32.1 Å². The fourth-order valence-corrected chi connectivity index (χ4v) is 3.15. The summed E-state index contributed by atoms with van der Waals surface area (Å²) in [7, 11) is 0. The predicted molar refractivity (Wildman–Crippen MR) is 94.2 cm³/mol. The highest BCUT2D eigenvalue weighted by Crippen LogP contribution is 2.31. The maximum Gasteiger partial charge on any atom is 0.217 e. The van der Waals surface area contributed by atoms with Crippen LogP contribution < -0.4 is 11.5 Å². The molecule has 9 nitrogen and oxygen atoms in total. The van der Waals surface area contributed by atoms with Crippen LogP contribution in [0.3, 0.4) is 0 Å². The van der Waals surface area contributed by atoms with Crippen LogP contribution in [-0.2, 0) is 19.0 Å². The molecule has 1 rings (SSSR count). The zero-order valence-electron chi connectivity index (χ0n) is 15.3. The van der Waals surface area contributed by atoms with Gasteiger partial charge >= 0.3 is 0 Å². The molecule has 1 saturated heterocycles. The number of hydrogen-bond acceptors (Lipinski definition) is 8. The van der Waals surface area contributed by atoms with Crippen molar-refractivity contribution in [2.75, 3.05) is 39.6 Å². The number of aliphatic hydroxyl groups excluding tert-OH is 3. The average molecular weight is 378 g/mol. The lowest BCUT2D eigenvalue weighted by Gasteiger charge is -2.42. The first-order valence-corrected chi connectivity index (χ1v) is 9.27. The lowest BCUT2D eigenvalue weighted by atomic mass is 9.82. The minimum Gasteiger partial charge on any atom is -0.394 e. The number of amides is 1. The minimum atomic E-state index is -1.23. The summed E-state index contributed by atoms with van der Waals surface area (Å²) < 4.78 is 16.3. The van der Waals surface area contributed by atoms with E-state index < -0.39 is 42.8 Å². The number of primary amides is 1. The van der Waals surface area contributed by atoms with Gasteiger partial charge in [0.1, 0.15) is 12.2 Å². The normalized spacial score (nSPS) is 29.0. The van der Waals surface area contributed by atoms with Crippen LogP contribution in [0.15, 0.2) is 0 Å². The number of carbonyl (C=O) groups excluding carboxylic acids is 1. The highest BCUT2D eigenvalue weighted by atomic mass is 16.5. The molecule has 1 heterocycles. The standard InChI is InChI=1S/C17H34N2O7/c18-5-7-25-9-8-24-6-3-1-2-4-13-12(10-15(19)21)16(22)17(23)14(11-20)26-13/h12-14,16-17,20,22-23H,1-11,18H2,(H2,19,21)/t12-,13+,14+,16+,17-/m0/s1. The van der Waals surface area contributed by atoms with Crippen LogP contribution in [0.2, 0.25) is 0 Å². The molecule has 0 aliphatic carbocycles. The molecule has 1 aliphatic rings. The first-order valence-electron chi connectivity index (χ1n) is 9.27. The van der Waals surface area contributed by atoms with Gasteiger partial charge in [-0.3, -0.25) is 4.79 Å². The van der Waals surface area contributed by atoms with Crippen molar-refractivity contribution in [3.63, 3.8) is 0 Å². The van der Waals surface area contributed by atoms with Gasteiger partial charge in [-0.15, -0.1) is 0 Å². The van der Waals surface area contributed by atoms with Crippen molar-refractivity contribution in [3.8, 4) is 0 Å². The van der Waals surface area contributed by atoms with Gasteiger partial charge in [-0.2, -0.15) is 0 Å². The first kappa shape index (κ1) is 23.2. The Labute approximate surface area is 154 Å². The zero-order chi connectivity index (χ0) is 19.4. The number of hydrogen-bond donors (Lipinski definition) is 5. The molecule has 5 atom stereocenters. The molecule has 154 valence electrons. The molecule has 1 aliphatic heterocycles. The quantitative estimate of drug-likeness (QED) is 0.229. The van der Waals surface area contributed by atoms with Gasteiger partial charge in [0, 0.05) is 25.5 Å². The Morgan fingerprint density at radius 2 is 1.65 bits per heavy atom. The van der Waals surface area contributed by atoms with Crippen molar-refractivity contribution in [3.05, 3.63) is 0 Å². The second kappa shape index (κ2) is 13.4. The third kappa shape index (κ3) is 8.26. The zero-order valence-corrected chi connectivity index (χ0v) is 15.3. The van der Waals surface area contributed by atoms with E-state index >= 15 is 0 Å². The fourth-order valence-electron chi connectivity index (χ4n) is 3.15. The molecule has 26 heavy (non-hydrogen) atoms. The van der Waals surface area contributed by atoms with Crippen molar-refractivity contribution < 1.29 is 34.3 Å². The van der Waals surface area contributed by atoms with Crippen LogP contribution in [0.4, 0.5) is 0 Å². The van der Waals surface area contributed by atoms with Crippen LogP contribution in [0.5, 0.6) is 0 Å². The van der Waals surface area contributed by atoms with E-state index in [-0.39, 0.29) is 6.42 Å². The van der Waals surface area contributed by atoms with E-state index in [4.69, 9.17) is 25.7 Å². The summed E-state index contributed by atoms with van der Waals surface area (Å²) in [6.07, 6.45) is -0.516. The summed E-state index contributed by atoms with van der Waals surface area (Å²) in [5.41, 5.74) is 10.6. The number of unbranched alkanes of at least 4 members (excludes halogenated alkanes) is 2. The average Bonchev–Trinajstić information content (AvgIpc) is 2.62. The predicted octanol–water partition coefficient (Wildman–Crippen LogP) is -1.49. The Kier molecular flexibility index (Phi) is 11.9. The van der Waals surface area contributed by atoms with Crippen molar-refractivity contribution in [2.24, 2.45) is 17.4 Å². The SMILES string of the molecule is NCCOCCOCCCCC[C@H]1O[C@H](CO)[C@H](O)[C@H](O)[C@H]1CC(N)=O. The molecule has 0 saturated carbocycles. The molecule has 1 fully saturated rings. The number of aliphatic hydroxyl groups is 3. The van der Waals surface area contributed by atoms with E-state index in [0.29, 0.717) is 39.4 Å². The highest BCUT2D eigenvalue weighted by molar-refractivity contribution is 5.74. The minimum absolute atomic E-state index is 0.0625. The summed E-state index contributed by atoms with van der Waals surface area (Å²) in [5, 5.41) is 29.5. The van der Waals surface area contributed by atoms with Gasteiger partial charge in [0.25, 0.3) is 0 Å². The Morgan fingerprint density at radius 1 is 0.962 bits per heavy atom. The van der Waals surface area contributed by atoms with Crippen LogP contribution in [0.25, 0.3) is 0 Å². The number of rotatable bonds is 14. The fraction of sp³-hybridized carbons (Fsp3) is 0.941. The lowest BCUT2D eigenvalue weighted by Crippen LogP contribution is -2.56. The van der Waals surface area contributed by atoms with Gasteiger partial charge in [-0.1, -0.05) is 12.8 Å². The molecule has 0 bridgehead atoms. The number of nitrogens with two attached hydrogens (primary N) is 2. The highest BCUT2D eigenvalue weighted by Gasteiger charge is 2.44. The number of ether oxygens (including phenoxy) is 3. The largest absolute Gasteiger partial charge is 0.394 e. The Balaban J connectivity index is 2.28. The molecule has 0 aromatic carbocycles. The third-order valence-electron chi connectivity index (χ3n) is 4.52. The molecule has 0 aromatic heterocycles. The Bertz CT molecular complexity index is 386. The number of carbonyl (C=O) groups is 1. The van der Waals surface area contributed by atoms with Gasteiger partial charge in [0.2, 0.25) is 5.91 Å². The monoisotopic (exact) mass is 378 g/mol. The molecule has 0 unspecified atom stereocenters. The molecular formula is C17H34N2O7. The van der Waals surface area contributed by atoms with E-state index in [1.807, 2.05) is 0 Å². The van der Waals surface area contributed by atoms with Crippen LogP contribution in [0, 0.1) is 5.92 Å². The first-order chi connectivity index (χ1) is 12.5. The van der Waals surface area contributed by atoms with E-state index in [0.717, 1.165) is 19.3 Å². The van der Waals surface area contributed by atoms with E-state index in [9.17, 15) is 20.1 Å². The molecule has 7 N–H and O–H groups in total. The summed E-state index contributed by atoms with van der Waals surface area (Å²) in [6.45, 7) is 2.34. The Morgan fingerprint density at radius 3 is 2.27 bits per heavy atom. The maximum absolute atomic E-state index is 11.2. The summed E-state index contributed by atoms with van der Waals surface area (Å²) in [5.74, 6) is -1.12. The summed E-state index contributed by atoms with van der Waals surface area (Å²) >= 11 is 0. The molecule has 0 aromatic rings. The van der Waals surface area contributed by atoms with Gasteiger partial charge in [-0.25, -0.2) is 0 Å².